The van der Waals surface area contributed by atoms with E-state index in [4.69, 9.17) is 6.57 Å². The van der Waals surface area contributed by atoms with Gasteiger partial charge in [-0.2, -0.15) is 18.3 Å². The highest BCUT2D eigenvalue weighted by molar-refractivity contribution is 6.05. The van der Waals surface area contributed by atoms with E-state index in [1.54, 1.807) is 24.3 Å². The lowest BCUT2D eigenvalue weighted by Crippen LogP contribution is -2.21. The highest BCUT2D eigenvalue weighted by Gasteiger charge is 2.41. The SMILES string of the molecule is [C-]#[N+]c1cc(NC(=O)c2cnn(-c3cncc4ccccc34)c2C(F)(F)F)ccc1-n1ccnn1. The van der Waals surface area contributed by atoms with Gasteiger partial charge in [0.15, 0.2) is 5.69 Å². The molecule has 0 radical (unpaired) electrons. The van der Waals surface area contributed by atoms with Crippen LogP contribution in [0.1, 0.15) is 16.1 Å². The zero-order valence-corrected chi connectivity index (χ0v) is 17.6. The van der Waals surface area contributed by atoms with Crippen LogP contribution >= 0.6 is 0 Å². The predicted octanol–water partition coefficient (Wildman–Crippen LogP) is 4.82. The first-order valence-electron chi connectivity index (χ1n) is 10.0. The maximum absolute atomic E-state index is 14.1. The van der Waals surface area contributed by atoms with Gasteiger partial charge in [-0.15, -0.1) is 5.10 Å². The molecule has 35 heavy (non-hydrogen) atoms. The topological polar surface area (TPSA) is 94.9 Å². The van der Waals surface area contributed by atoms with Crippen LogP contribution in [0.3, 0.4) is 0 Å². The molecular formula is C23H13F3N8O. The largest absolute Gasteiger partial charge is 0.434 e. The Balaban J connectivity index is 1.54. The summed E-state index contributed by atoms with van der Waals surface area (Å²) in [5.74, 6) is -1.03. The maximum atomic E-state index is 14.1. The Hall–Kier alpha value is -5.05. The van der Waals surface area contributed by atoms with Crippen molar-refractivity contribution < 1.29 is 18.0 Å². The molecule has 1 N–H and O–H groups in total. The summed E-state index contributed by atoms with van der Waals surface area (Å²) < 4.78 is 44.5. The minimum atomic E-state index is -4.89. The van der Waals surface area contributed by atoms with Gasteiger partial charge in [-0.05, 0) is 18.2 Å². The molecule has 0 saturated heterocycles. The van der Waals surface area contributed by atoms with Crippen LogP contribution in [0.15, 0.2) is 73.4 Å². The first kappa shape index (κ1) is 21.8. The number of nitrogens with zero attached hydrogens (tertiary/aromatic N) is 7. The second kappa shape index (κ2) is 8.38. The van der Waals surface area contributed by atoms with Crippen molar-refractivity contribution in [1.29, 1.82) is 0 Å². The quantitative estimate of drug-likeness (QED) is 0.377. The summed E-state index contributed by atoms with van der Waals surface area (Å²) in [6, 6.07) is 11.1. The van der Waals surface area contributed by atoms with E-state index in [0.29, 0.717) is 21.1 Å². The highest BCUT2D eigenvalue weighted by atomic mass is 19.4. The Bertz CT molecular complexity index is 1590. The Kier molecular flexibility index (Phi) is 5.21. The van der Waals surface area contributed by atoms with Crippen molar-refractivity contribution in [3.05, 3.63) is 96.1 Å². The molecule has 0 fully saturated rings. The van der Waals surface area contributed by atoms with Crippen LogP contribution in [0.25, 0.3) is 27.0 Å². The monoisotopic (exact) mass is 474 g/mol. The van der Waals surface area contributed by atoms with Crippen LogP contribution in [0, 0.1) is 6.57 Å². The summed E-state index contributed by atoms with van der Waals surface area (Å²) in [6.45, 7) is 7.39. The van der Waals surface area contributed by atoms with Gasteiger partial charge in [-0.25, -0.2) is 14.2 Å². The number of fused-ring (bicyclic) bond motifs is 1. The van der Waals surface area contributed by atoms with Gasteiger partial charge in [0.2, 0.25) is 5.69 Å². The van der Waals surface area contributed by atoms with Crippen molar-refractivity contribution >= 4 is 28.1 Å². The van der Waals surface area contributed by atoms with Crippen LogP contribution in [0.4, 0.5) is 24.5 Å². The minimum absolute atomic E-state index is 0.0851. The van der Waals surface area contributed by atoms with Gasteiger partial charge in [0.25, 0.3) is 5.91 Å². The molecule has 3 aromatic heterocycles. The third kappa shape index (κ3) is 3.95. The number of rotatable bonds is 4. The first-order chi connectivity index (χ1) is 16.9. The normalized spacial score (nSPS) is 11.4. The van der Waals surface area contributed by atoms with E-state index in [0.717, 1.165) is 6.20 Å². The molecular weight excluding hydrogens is 461 g/mol. The number of aromatic nitrogens is 6. The van der Waals surface area contributed by atoms with E-state index >= 15 is 0 Å². The van der Waals surface area contributed by atoms with Crippen LogP contribution in [-0.4, -0.2) is 35.7 Å². The summed E-state index contributed by atoms with van der Waals surface area (Å²) in [5, 5.41) is 14.9. The minimum Gasteiger partial charge on any atom is -0.323 e. The third-order valence-corrected chi connectivity index (χ3v) is 5.18. The van der Waals surface area contributed by atoms with E-state index in [1.165, 1.54) is 47.7 Å². The number of hydrogen-bond acceptors (Lipinski definition) is 5. The van der Waals surface area contributed by atoms with Crippen LogP contribution in [-0.2, 0) is 6.18 Å². The molecule has 12 heteroatoms. The Labute approximate surface area is 195 Å². The van der Waals surface area contributed by atoms with Crippen molar-refractivity contribution in [2.45, 2.75) is 6.18 Å². The van der Waals surface area contributed by atoms with Crippen molar-refractivity contribution in [3.8, 4) is 11.4 Å². The van der Waals surface area contributed by atoms with Gasteiger partial charge < -0.3 is 5.32 Å². The number of alkyl halides is 3. The fourth-order valence-corrected chi connectivity index (χ4v) is 3.66. The summed E-state index contributed by atoms with van der Waals surface area (Å²) >= 11 is 0. The molecule has 0 bridgehead atoms. The van der Waals surface area contributed by atoms with Crippen LogP contribution < -0.4 is 5.32 Å². The molecule has 0 spiro atoms. The molecule has 2 aromatic carbocycles. The molecule has 0 aliphatic heterocycles. The standard InChI is InChI=1S/C23H13F3N8O/c1-27-18-10-15(6-7-19(18)33-9-8-29-32-33)31-22(35)17-12-30-34(21(17)23(24,25)26)20-13-28-11-14-4-2-3-5-16(14)20/h2-13H,(H,31,35). The number of nitrogens with one attached hydrogen (secondary N) is 1. The zero-order valence-electron chi connectivity index (χ0n) is 17.6. The fourth-order valence-electron chi connectivity index (χ4n) is 3.66. The van der Waals surface area contributed by atoms with Gasteiger partial charge >= 0.3 is 6.18 Å². The number of hydrogen-bond donors (Lipinski definition) is 1. The molecule has 172 valence electrons. The van der Waals surface area contributed by atoms with E-state index < -0.39 is 23.3 Å². The number of halogens is 3. The number of carbonyl (C=O) groups excluding carboxylic acids is 1. The lowest BCUT2D eigenvalue weighted by Gasteiger charge is -2.14. The Morgan fingerprint density at radius 3 is 2.63 bits per heavy atom. The zero-order chi connectivity index (χ0) is 24.6. The highest BCUT2D eigenvalue weighted by Crippen LogP contribution is 2.35. The summed E-state index contributed by atoms with van der Waals surface area (Å²) in [7, 11) is 0. The van der Waals surface area contributed by atoms with Crippen LogP contribution in [0.2, 0.25) is 0 Å². The Morgan fingerprint density at radius 2 is 1.89 bits per heavy atom. The second-order valence-corrected chi connectivity index (χ2v) is 7.31. The van der Waals surface area contributed by atoms with Gasteiger partial charge in [-0.3, -0.25) is 9.78 Å². The summed E-state index contributed by atoms with van der Waals surface area (Å²) in [6.07, 6.45) is 1.73. The lowest BCUT2D eigenvalue weighted by molar-refractivity contribution is -0.143. The van der Waals surface area contributed by atoms with E-state index in [9.17, 15) is 18.0 Å². The average Bonchev–Trinajstić information content (AvgIpc) is 3.54. The number of amides is 1. The van der Waals surface area contributed by atoms with Gasteiger partial charge in [0.1, 0.15) is 0 Å². The molecule has 0 unspecified atom stereocenters. The molecule has 9 nitrogen and oxygen atoms in total. The van der Waals surface area contributed by atoms with Crippen molar-refractivity contribution in [2.24, 2.45) is 0 Å². The first-order valence-corrected chi connectivity index (χ1v) is 10.0. The van der Waals surface area contributed by atoms with Gasteiger partial charge in [0, 0.05) is 28.9 Å². The van der Waals surface area contributed by atoms with Gasteiger partial charge in [0.05, 0.1) is 42.1 Å². The number of pyridine rings is 1. The number of anilines is 1. The molecule has 5 rings (SSSR count). The molecule has 5 aromatic rings. The third-order valence-electron chi connectivity index (χ3n) is 5.18. The van der Waals surface area contributed by atoms with Crippen molar-refractivity contribution in [3.63, 3.8) is 0 Å². The average molecular weight is 474 g/mol. The van der Waals surface area contributed by atoms with Gasteiger partial charge in [-0.1, -0.05) is 29.5 Å². The maximum Gasteiger partial charge on any atom is 0.434 e. The number of carbonyl (C=O) groups is 1. The smallest absolute Gasteiger partial charge is 0.323 e. The Morgan fingerprint density at radius 1 is 1.06 bits per heavy atom. The molecule has 0 aliphatic rings. The molecule has 3 heterocycles. The molecule has 0 aliphatic carbocycles. The predicted molar refractivity (Wildman–Crippen MR) is 119 cm³/mol. The fraction of sp³-hybridized carbons (Fsp3) is 0.0435. The second-order valence-electron chi connectivity index (χ2n) is 7.31. The van der Waals surface area contributed by atoms with E-state index in [2.05, 4.69) is 30.6 Å². The molecule has 0 atom stereocenters. The van der Waals surface area contributed by atoms with Crippen molar-refractivity contribution in [1.82, 2.24) is 29.8 Å². The van der Waals surface area contributed by atoms with Crippen molar-refractivity contribution in [2.75, 3.05) is 5.32 Å². The number of benzene rings is 2. The summed E-state index contributed by atoms with van der Waals surface area (Å²) in [5.41, 5.74) is -1.16. The van der Waals surface area contributed by atoms with E-state index in [1.807, 2.05) is 0 Å². The lowest BCUT2D eigenvalue weighted by atomic mass is 10.1. The molecule has 0 saturated carbocycles. The molecule has 1 amide bonds. The van der Waals surface area contributed by atoms with E-state index in [-0.39, 0.29) is 17.1 Å². The summed E-state index contributed by atoms with van der Waals surface area (Å²) in [4.78, 5) is 20.3. The van der Waals surface area contributed by atoms with Crippen LogP contribution in [0.5, 0.6) is 0 Å².